The number of esters is 1. The zero-order chi connectivity index (χ0) is 20.8. The Morgan fingerprint density at radius 3 is 2.62 bits per heavy atom. The van der Waals surface area contributed by atoms with Gasteiger partial charge in [0.25, 0.3) is 0 Å². The number of pyridine rings is 1. The van der Waals surface area contributed by atoms with Gasteiger partial charge < -0.3 is 14.5 Å². The van der Waals surface area contributed by atoms with Gasteiger partial charge in [-0.1, -0.05) is 15.9 Å². The molecule has 152 valence electrons. The minimum Gasteiger partial charge on any atom is -0.462 e. The highest BCUT2D eigenvalue weighted by molar-refractivity contribution is 9.10. The van der Waals surface area contributed by atoms with Crippen molar-refractivity contribution in [3.05, 3.63) is 64.0 Å². The molecule has 1 amide bonds. The van der Waals surface area contributed by atoms with Crippen LogP contribution in [0.5, 0.6) is 0 Å². The van der Waals surface area contributed by atoms with Crippen LogP contribution in [0.15, 0.2) is 47.1 Å². The summed E-state index contributed by atoms with van der Waals surface area (Å²) in [6.07, 6.45) is 4.39. The van der Waals surface area contributed by atoms with Crippen LogP contribution in [0.4, 0.5) is 10.2 Å². The van der Waals surface area contributed by atoms with Crippen molar-refractivity contribution in [2.45, 2.75) is 6.92 Å². The molecular weight excluding hydrogens is 441 g/mol. The number of aromatic nitrogens is 1. The van der Waals surface area contributed by atoms with Crippen molar-refractivity contribution in [3.8, 4) is 0 Å². The Kier molecular flexibility index (Phi) is 6.98. The van der Waals surface area contributed by atoms with Crippen molar-refractivity contribution in [3.63, 3.8) is 0 Å². The SMILES string of the molecule is CCOC(=O)c1ccc(N2CCN(C(=O)/C=C/c3cc(Br)ccc3F)CC2)nc1. The number of hydrogen-bond acceptors (Lipinski definition) is 5. The summed E-state index contributed by atoms with van der Waals surface area (Å²) < 4.78 is 19.5. The average Bonchev–Trinajstić information content (AvgIpc) is 2.74. The monoisotopic (exact) mass is 461 g/mol. The smallest absolute Gasteiger partial charge is 0.339 e. The van der Waals surface area contributed by atoms with E-state index in [1.165, 1.54) is 24.4 Å². The molecule has 29 heavy (non-hydrogen) atoms. The van der Waals surface area contributed by atoms with Crippen LogP contribution in [0.25, 0.3) is 6.08 Å². The molecule has 0 unspecified atom stereocenters. The van der Waals surface area contributed by atoms with E-state index in [9.17, 15) is 14.0 Å². The van der Waals surface area contributed by atoms with Crippen LogP contribution in [0.2, 0.25) is 0 Å². The van der Waals surface area contributed by atoms with Crippen LogP contribution >= 0.6 is 15.9 Å². The predicted molar refractivity (Wildman–Crippen MR) is 112 cm³/mol. The molecule has 1 aromatic heterocycles. The Bertz CT molecular complexity index is 910. The number of carbonyl (C=O) groups is 2. The highest BCUT2D eigenvalue weighted by Crippen LogP contribution is 2.18. The molecule has 0 saturated carbocycles. The maximum Gasteiger partial charge on any atom is 0.339 e. The predicted octanol–water partition coefficient (Wildman–Crippen LogP) is 3.52. The number of nitrogens with zero attached hydrogens (tertiary/aromatic N) is 3. The highest BCUT2D eigenvalue weighted by Gasteiger charge is 2.21. The molecule has 0 bridgehead atoms. The Morgan fingerprint density at radius 1 is 1.21 bits per heavy atom. The van der Waals surface area contributed by atoms with E-state index in [2.05, 4.69) is 25.8 Å². The van der Waals surface area contributed by atoms with E-state index in [-0.39, 0.29) is 11.7 Å². The van der Waals surface area contributed by atoms with Gasteiger partial charge >= 0.3 is 5.97 Å². The number of hydrogen-bond donors (Lipinski definition) is 0. The number of anilines is 1. The lowest BCUT2D eigenvalue weighted by Gasteiger charge is -2.35. The molecule has 2 heterocycles. The lowest BCUT2D eigenvalue weighted by molar-refractivity contribution is -0.126. The van der Waals surface area contributed by atoms with Crippen molar-refractivity contribution >= 4 is 39.7 Å². The second-order valence-electron chi connectivity index (χ2n) is 6.44. The summed E-state index contributed by atoms with van der Waals surface area (Å²) in [7, 11) is 0. The Balaban J connectivity index is 1.56. The fourth-order valence-electron chi connectivity index (χ4n) is 2.97. The van der Waals surface area contributed by atoms with E-state index in [4.69, 9.17) is 4.74 Å². The van der Waals surface area contributed by atoms with Crippen LogP contribution in [-0.4, -0.2) is 54.5 Å². The molecule has 1 aliphatic rings. The van der Waals surface area contributed by atoms with Crippen LogP contribution in [0, 0.1) is 5.82 Å². The fraction of sp³-hybridized carbons (Fsp3) is 0.286. The third-order valence-electron chi connectivity index (χ3n) is 4.54. The van der Waals surface area contributed by atoms with Gasteiger partial charge in [-0.3, -0.25) is 4.79 Å². The molecule has 0 aliphatic carbocycles. The first-order valence-electron chi connectivity index (χ1n) is 9.28. The number of carbonyl (C=O) groups excluding carboxylic acids is 2. The third kappa shape index (κ3) is 5.41. The van der Waals surface area contributed by atoms with Crippen molar-refractivity contribution in [1.82, 2.24) is 9.88 Å². The van der Waals surface area contributed by atoms with Gasteiger partial charge in [0, 0.05) is 48.5 Å². The second-order valence-corrected chi connectivity index (χ2v) is 7.35. The molecule has 0 radical (unpaired) electrons. The zero-order valence-electron chi connectivity index (χ0n) is 16.0. The van der Waals surface area contributed by atoms with Gasteiger partial charge in [0.1, 0.15) is 11.6 Å². The van der Waals surface area contributed by atoms with Gasteiger partial charge in [-0.25, -0.2) is 14.2 Å². The van der Waals surface area contributed by atoms with Crippen molar-refractivity contribution in [1.29, 1.82) is 0 Å². The van der Waals surface area contributed by atoms with Crippen LogP contribution in [0.1, 0.15) is 22.8 Å². The van der Waals surface area contributed by atoms with Crippen LogP contribution < -0.4 is 4.90 Å². The molecule has 3 rings (SSSR count). The zero-order valence-corrected chi connectivity index (χ0v) is 17.6. The van der Waals surface area contributed by atoms with Gasteiger partial charge in [0.15, 0.2) is 0 Å². The summed E-state index contributed by atoms with van der Waals surface area (Å²) in [4.78, 5) is 32.2. The Labute approximate surface area is 177 Å². The number of halogens is 2. The van der Waals surface area contributed by atoms with E-state index >= 15 is 0 Å². The first-order chi connectivity index (χ1) is 14.0. The van der Waals surface area contributed by atoms with Crippen LogP contribution in [0.3, 0.4) is 0 Å². The van der Waals surface area contributed by atoms with E-state index in [0.29, 0.717) is 43.9 Å². The minimum absolute atomic E-state index is 0.158. The second kappa shape index (κ2) is 9.65. The van der Waals surface area contributed by atoms with Crippen LogP contribution in [-0.2, 0) is 9.53 Å². The number of amides is 1. The maximum atomic E-state index is 13.8. The topological polar surface area (TPSA) is 62.7 Å². The summed E-state index contributed by atoms with van der Waals surface area (Å²) in [6, 6.07) is 8.06. The summed E-state index contributed by atoms with van der Waals surface area (Å²) in [5, 5.41) is 0. The largest absolute Gasteiger partial charge is 0.462 e. The van der Waals surface area contributed by atoms with Gasteiger partial charge in [-0.05, 0) is 43.3 Å². The number of piperazine rings is 1. The molecule has 0 spiro atoms. The molecule has 8 heteroatoms. The first-order valence-corrected chi connectivity index (χ1v) is 10.1. The van der Waals surface area contributed by atoms with Crippen molar-refractivity contribution < 1.29 is 18.7 Å². The molecule has 0 atom stereocenters. The van der Waals surface area contributed by atoms with Crippen molar-refractivity contribution in [2.75, 3.05) is 37.7 Å². The molecule has 1 aromatic carbocycles. The number of benzene rings is 1. The molecule has 1 fully saturated rings. The number of rotatable bonds is 5. The van der Waals surface area contributed by atoms with E-state index in [1.54, 1.807) is 36.1 Å². The van der Waals surface area contributed by atoms with E-state index < -0.39 is 5.97 Å². The molecule has 0 N–H and O–H groups in total. The average molecular weight is 462 g/mol. The van der Waals surface area contributed by atoms with E-state index in [0.717, 1.165) is 10.3 Å². The van der Waals surface area contributed by atoms with Gasteiger partial charge in [0.2, 0.25) is 5.91 Å². The van der Waals surface area contributed by atoms with Gasteiger partial charge in [-0.2, -0.15) is 0 Å². The maximum absolute atomic E-state index is 13.8. The quantitative estimate of drug-likeness (QED) is 0.503. The van der Waals surface area contributed by atoms with Crippen molar-refractivity contribution in [2.24, 2.45) is 0 Å². The third-order valence-corrected chi connectivity index (χ3v) is 5.03. The normalized spacial score (nSPS) is 14.3. The summed E-state index contributed by atoms with van der Waals surface area (Å²) in [5.74, 6) is -0.179. The molecule has 2 aromatic rings. The summed E-state index contributed by atoms with van der Waals surface area (Å²) >= 11 is 3.30. The molecule has 1 aliphatic heterocycles. The van der Waals surface area contributed by atoms with Gasteiger partial charge in [0.05, 0.1) is 12.2 Å². The minimum atomic E-state index is -0.393. The highest BCUT2D eigenvalue weighted by atomic mass is 79.9. The molecular formula is C21H21BrFN3O3. The fourth-order valence-corrected chi connectivity index (χ4v) is 3.35. The lowest BCUT2D eigenvalue weighted by atomic mass is 10.2. The Morgan fingerprint density at radius 2 is 1.97 bits per heavy atom. The Hall–Kier alpha value is -2.74. The molecule has 1 saturated heterocycles. The van der Waals surface area contributed by atoms with E-state index in [1.807, 2.05) is 0 Å². The first kappa shape index (κ1) is 21.0. The summed E-state index contributed by atoms with van der Waals surface area (Å²) in [6.45, 7) is 4.38. The van der Waals surface area contributed by atoms with Gasteiger partial charge in [-0.15, -0.1) is 0 Å². The summed E-state index contributed by atoms with van der Waals surface area (Å²) in [5.41, 5.74) is 0.770. The standard InChI is InChI=1S/C21H21BrFN3O3/c1-2-29-21(28)16-3-7-19(24-14-16)25-9-11-26(12-10-25)20(27)8-4-15-13-17(22)5-6-18(15)23/h3-8,13-14H,2,9-12H2,1H3/b8-4+. The number of ether oxygens (including phenoxy) is 1. The molecule has 6 nitrogen and oxygen atoms in total. The lowest BCUT2D eigenvalue weighted by Crippen LogP contribution is -2.48.